The van der Waals surface area contributed by atoms with Gasteiger partial charge in [-0.3, -0.25) is 19.5 Å². The van der Waals surface area contributed by atoms with Gasteiger partial charge in [-0.05, 0) is 56.9 Å². The fourth-order valence-corrected chi connectivity index (χ4v) is 5.01. The van der Waals surface area contributed by atoms with Crippen LogP contribution in [0.1, 0.15) is 58.4 Å². The summed E-state index contributed by atoms with van der Waals surface area (Å²) in [6, 6.07) is 4.34. The molecule has 0 spiro atoms. The number of hydrogen-bond acceptors (Lipinski definition) is 5. The fourth-order valence-electron chi connectivity index (χ4n) is 5.01. The lowest BCUT2D eigenvalue weighted by Crippen LogP contribution is -2.63. The molecule has 0 radical (unpaired) electrons. The second-order valence-corrected chi connectivity index (χ2v) is 10.1. The van der Waals surface area contributed by atoms with Gasteiger partial charge in [-0.1, -0.05) is 6.07 Å². The van der Waals surface area contributed by atoms with Crippen LogP contribution in [-0.2, 0) is 22.7 Å². The Morgan fingerprint density at radius 2 is 1.62 bits per heavy atom. The minimum absolute atomic E-state index is 0.0710. The molecule has 0 atom stereocenters. The molecular weight excluding hydrogens is 530 g/mol. The summed E-state index contributed by atoms with van der Waals surface area (Å²) < 4.78 is 78.1. The van der Waals surface area contributed by atoms with Gasteiger partial charge in [0.15, 0.2) is 0 Å². The van der Waals surface area contributed by atoms with Crippen LogP contribution < -0.4 is 10.6 Å². The molecule has 1 aromatic heterocycles. The highest BCUT2D eigenvalue weighted by Crippen LogP contribution is 2.39. The van der Waals surface area contributed by atoms with Crippen LogP contribution in [0.4, 0.5) is 26.3 Å². The van der Waals surface area contributed by atoms with E-state index in [9.17, 15) is 41.0 Å². The number of hydrogen-bond donors (Lipinski definition) is 3. The monoisotopic (exact) mass is 558 g/mol. The van der Waals surface area contributed by atoms with Gasteiger partial charge < -0.3 is 15.7 Å². The third kappa shape index (κ3) is 6.88. The molecule has 2 heterocycles. The lowest BCUT2D eigenvalue weighted by Gasteiger charge is -2.48. The van der Waals surface area contributed by atoms with Crippen molar-refractivity contribution in [2.45, 2.75) is 62.6 Å². The SMILES string of the molecule is Cc1ccc(C2(O)CCC(N3CC(NC(=O)CNC(=O)c4cc(C(F)(F)F)cc(C(F)(F)F)c4)C3)CC2)cn1. The first-order valence-corrected chi connectivity index (χ1v) is 12.4. The summed E-state index contributed by atoms with van der Waals surface area (Å²) in [5.74, 6) is -1.84. The molecule has 7 nitrogen and oxygen atoms in total. The zero-order chi connectivity index (χ0) is 28.6. The van der Waals surface area contributed by atoms with Gasteiger partial charge in [0.05, 0.1) is 29.3 Å². The molecule has 2 aromatic rings. The second-order valence-electron chi connectivity index (χ2n) is 10.1. The van der Waals surface area contributed by atoms with Crippen molar-refractivity contribution in [3.63, 3.8) is 0 Å². The summed E-state index contributed by atoms with van der Waals surface area (Å²) in [7, 11) is 0. The van der Waals surface area contributed by atoms with E-state index in [0.29, 0.717) is 38.1 Å². The second kappa shape index (κ2) is 10.8. The maximum Gasteiger partial charge on any atom is 0.416 e. The minimum atomic E-state index is -5.08. The standard InChI is InChI=1S/C26H28F6N4O3/c1-15-2-3-17(11-33-15)24(39)6-4-21(5-7-24)36-13-20(14-36)35-22(37)12-34-23(38)16-8-18(25(27,28)29)10-19(9-16)26(30,31)32/h2-3,8-11,20-21,39H,4-7,12-14H2,1H3,(H,34,38)(H,35,37). The summed E-state index contributed by atoms with van der Waals surface area (Å²) in [5, 5.41) is 15.8. The zero-order valence-corrected chi connectivity index (χ0v) is 21.0. The van der Waals surface area contributed by atoms with Crippen molar-refractivity contribution in [2.24, 2.45) is 0 Å². The number of benzene rings is 1. The number of pyridine rings is 1. The van der Waals surface area contributed by atoms with Crippen LogP contribution in [0.5, 0.6) is 0 Å². The molecule has 2 fully saturated rings. The molecule has 4 rings (SSSR count). The molecular formula is C26H28F6N4O3. The van der Waals surface area contributed by atoms with Gasteiger partial charge in [0.2, 0.25) is 5.91 Å². The van der Waals surface area contributed by atoms with Gasteiger partial charge in [-0.2, -0.15) is 26.3 Å². The average Bonchev–Trinajstić information content (AvgIpc) is 2.84. The highest BCUT2D eigenvalue weighted by atomic mass is 19.4. The van der Waals surface area contributed by atoms with Gasteiger partial charge in [-0.15, -0.1) is 0 Å². The average molecular weight is 559 g/mol. The van der Waals surface area contributed by atoms with E-state index in [-0.39, 0.29) is 18.2 Å². The van der Waals surface area contributed by atoms with Gasteiger partial charge in [-0.25, -0.2) is 0 Å². The predicted molar refractivity (Wildman–Crippen MR) is 127 cm³/mol. The van der Waals surface area contributed by atoms with Gasteiger partial charge in [0.25, 0.3) is 5.91 Å². The number of nitrogens with one attached hydrogen (secondary N) is 2. The van der Waals surface area contributed by atoms with E-state index in [1.807, 2.05) is 19.1 Å². The van der Waals surface area contributed by atoms with Crippen LogP contribution in [0.3, 0.4) is 0 Å². The quantitative estimate of drug-likeness (QED) is 0.470. The predicted octanol–water partition coefficient (Wildman–Crippen LogP) is 3.79. The molecule has 1 saturated heterocycles. The van der Waals surface area contributed by atoms with E-state index >= 15 is 0 Å². The number of likely N-dealkylation sites (tertiary alicyclic amines) is 1. The first kappa shape index (κ1) is 28.8. The van der Waals surface area contributed by atoms with Crippen LogP contribution in [-0.4, -0.2) is 58.5 Å². The number of carbonyl (C=O) groups is 2. The molecule has 3 N–H and O–H groups in total. The highest BCUT2D eigenvalue weighted by molar-refractivity contribution is 5.96. The number of aliphatic hydroxyl groups is 1. The van der Waals surface area contributed by atoms with Crippen molar-refractivity contribution in [1.82, 2.24) is 20.5 Å². The van der Waals surface area contributed by atoms with E-state index in [2.05, 4.69) is 20.5 Å². The summed E-state index contributed by atoms with van der Waals surface area (Å²) in [6.07, 6.45) is -5.79. The number of halogens is 6. The molecule has 1 aliphatic carbocycles. The number of aryl methyl sites for hydroxylation is 1. The summed E-state index contributed by atoms with van der Waals surface area (Å²) in [5.41, 5.74) is -3.33. The third-order valence-corrected chi connectivity index (χ3v) is 7.28. The molecule has 0 bridgehead atoms. The molecule has 1 saturated carbocycles. The lowest BCUT2D eigenvalue weighted by molar-refractivity contribution is -0.143. The fraction of sp³-hybridized carbons (Fsp3) is 0.500. The van der Waals surface area contributed by atoms with Gasteiger partial charge in [0, 0.05) is 42.1 Å². The molecule has 1 aromatic carbocycles. The van der Waals surface area contributed by atoms with E-state index in [0.717, 1.165) is 24.1 Å². The van der Waals surface area contributed by atoms with Crippen molar-refractivity contribution in [1.29, 1.82) is 0 Å². The highest BCUT2D eigenvalue weighted by Gasteiger charge is 2.41. The zero-order valence-electron chi connectivity index (χ0n) is 21.0. The number of nitrogens with zero attached hydrogens (tertiary/aromatic N) is 2. The van der Waals surface area contributed by atoms with E-state index in [1.165, 1.54) is 0 Å². The number of rotatable bonds is 6. The molecule has 2 amide bonds. The minimum Gasteiger partial charge on any atom is -0.385 e. The van der Waals surface area contributed by atoms with E-state index in [1.54, 1.807) is 6.20 Å². The van der Waals surface area contributed by atoms with Crippen molar-refractivity contribution in [2.75, 3.05) is 19.6 Å². The van der Waals surface area contributed by atoms with Crippen molar-refractivity contribution < 1.29 is 41.0 Å². The number of alkyl halides is 6. The number of carbonyl (C=O) groups excluding carboxylic acids is 2. The maximum absolute atomic E-state index is 13.0. The summed E-state index contributed by atoms with van der Waals surface area (Å²) in [6.45, 7) is 2.38. The van der Waals surface area contributed by atoms with Crippen molar-refractivity contribution >= 4 is 11.8 Å². The Kier molecular flexibility index (Phi) is 7.95. The number of aromatic nitrogens is 1. The Balaban J connectivity index is 1.23. The van der Waals surface area contributed by atoms with Crippen LogP contribution in [0.2, 0.25) is 0 Å². The summed E-state index contributed by atoms with van der Waals surface area (Å²) in [4.78, 5) is 30.9. The first-order chi connectivity index (χ1) is 18.1. The Morgan fingerprint density at radius 3 is 2.13 bits per heavy atom. The van der Waals surface area contributed by atoms with E-state index in [4.69, 9.17) is 0 Å². The van der Waals surface area contributed by atoms with Crippen LogP contribution in [0, 0.1) is 6.92 Å². The van der Waals surface area contributed by atoms with Crippen LogP contribution >= 0.6 is 0 Å². The largest absolute Gasteiger partial charge is 0.416 e. The number of amides is 2. The Bertz CT molecular complexity index is 1170. The van der Waals surface area contributed by atoms with Crippen LogP contribution in [0.15, 0.2) is 36.5 Å². The van der Waals surface area contributed by atoms with Crippen molar-refractivity contribution in [3.05, 3.63) is 64.5 Å². The molecule has 212 valence electrons. The Labute approximate surface area is 220 Å². The molecule has 1 aliphatic heterocycles. The topological polar surface area (TPSA) is 94.6 Å². The molecule has 0 unspecified atom stereocenters. The Hall–Kier alpha value is -3.19. The van der Waals surface area contributed by atoms with Gasteiger partial charge in [0.1, 0.15) is 0 Å². The lowest BCUT2D eigenvalue weighted by atomic mass is 9.77. The van der Waals surface area contributed by atoms with Crippen LogP contribution in [0.25, 0.3) is 0 Å². The summed E-state index contributed by atoms with van der Waals surface area (Å²) >= 11 is 0. The molecule has 13 heteroatoms. The molecule has 2 aliphatic rings. The third-order valence-electron chi connectivity index (χ3n) is 7.28. The Morgan fingerprint density at radius 1 is 1.03 bits per heavy atom. The first-order valence-electron chi connectivity index (χ1n) is 12.4. The smallest absolute Gasteiger partial charge is 0.385 e. The van der Waals surface area contributed by atoms with Crippen molar-refractivity contribution in [3.8, 4) is 0 Å². The maximum atomic E-state index is 13.0. The molecule has 39 heavy (non-hydrogen) atoms. The normalized spacial score (nSPS) is 22.7. The van der Waals surface area contributed by atoms with Gasteiger partial charge >= 0.3 is 12.4 Å². The van der Waals surface area contributed by atoms with E-state index < -0.39 is 53.0 Å².